The Labute approximate surface area is 106 Å². The number of ether oxygens (including phenoxy) is 1. The summed E-state index contributed by atoms with van der Waals surface area (Å²) in [6, 6.07) is 0. The van der Waals surface area contributed by atoms with Crippen molar-refractivity contribution < 1.29 is 9.53 Å². The van der Waals surface area contributed by atoms with E-state index in [0.29, 0.717) is 26.1 Å². The molecule has 0 aliphatic carbocycles. The van der Waals surface area contributed by atoms with Crippen molar-refractivity contribution >= 4 is 5.91 Å². The van der Waals surface area contributed by atoms with Gasteiger partial charge in [-0.3, -0.25) is 4.79 Å². The Kier molecular flexibility index (Phi) is 3.14. The molecule has 100 valence electrons. The summed E-state index contributed by atoms with van der Waals surface area (Å²) in [4.78, 5) is 11.8. The fourth-order valence-electron chi connectivity index (χ4n) is 2.11. The van der Waals surface area contributed by atoms with E-state index in [1.54, 1.807) is 4.68 Å². The molecule has 1 amide bonds. The Balaban J connectivity index is 2.38. The number of aromatic nitrogens is 3. The summed E-state index contributed by atoms with van der Waals surface area (Å²) in [5.74, 6) is -0.365. The van der Waals surface area contributed by atoms with E-state index < -0.39 is 5.54 Å². The van der Waals surface area contributed by atoms with Crippen LogP contribution in [0.2, 0.25) is 0 Å². The van der Waals surface area contributed by atoms with Crippen molar-refractivity contribution in [2.75, 3.05) is 13.2 Å². The third-order valence-corrected chi connectivity index (χ3v) is 3.48. The van der Waals surface area contributed by atoms with Gasteiger partial charge in [-0.05, 0) is 0 Å². The molecule has 6 nitrogen and oxygen atoms in total. The van der Waals surface area contributed by atoms with Gasteiger partial charge in [-0.1, -0.05) is 26.0 Å². The molecule has 0 aromatic carbocycles. The maximum atomic E-state index is 11.8. The minimum absolute atomic E-state index is 0.0950. The van der Waals surface area contributed by atoms with Crippen LogP contribution >= 0.6 is 0 Å². The van der Waals surface area contributed by atoms with Gasteiger partial charge >= 0.3 is 0 Å². The van der Waals surface area contributed by atoms with Crippen molar-refractivity contribution in [1.82, 2.24) is 15.0 Å². The first-order chi connectivity index (χ1) is 8.36. The minimum Gasteiger partial charge on any atom is -0.381 e. The molecule has 1 aromatic heterocycles. The van der Waals surface area contributed by atoms with Gasteiger partial charge in [0.15, 0.2) is 0 Å². The third-order valence-electron chi connectivity index (χ3n) is 3.48. The Morgan fingerprint density at radius 2 is 2.06 bits per heavy atom. The highest BCUT2D eigenvalue weighted by Crippen LogP contribution is 2.29. The Morgan fingerprint density at radius 3 is 2.50 bits per heavy atom. The van der Waals surface area contributed by atoms with Crippen LogP contribution in [-0.4, -0.2) is 34.1 Å². The monoisotopic (exact) mass is 252 g/mol. The summed E-state index contributed by atoms with van der Waals surface area (Å²) in [5.41, 5.74) is 5.55. The Bertz CT molecular complexity index is 441. The summed E-state index contributed by atoms with van der Waals surface area (Å²) in [6.07, 6.45) is 2.93. The van der Waals surface area contributed by atoms with Crippen molar-refractivity contribution in [3.05, 3.63) is 11.9 Å². The van der Waals surface area contributed by atoms with E-state index in [4.69, 9.17) is 10.5 Å². The van der Waals surface area contributed by atoms with Gasteiger partial charge < -0.3 is 10.5 Å². The molecule has 0 spiro atoms. The van der Waals surface area contributed by atoms with E-state index in [-0.39, 0.29) is 11.3 Å². The van der Waals surface area contributed by atoms with Crippen molar-refractivity contribution in [1.29, 1.82) is 0 Å². The third kappa shape index (κ3) is 2.12. The first kappa shape index (κ1) is 13.0. The summed E-state index contributed by atoms with van der Waals surface area (Å²) in [7, 11) is 0. The first-order valence-electron chi connectivity index (χ1n) is 6.17. The molecule has 6 heteroatoms. The van der Waals surface area contributed by atoms with Gasteiger partial charge in [0.25, 0.3) is 0 Å². The molecule has 0 radical (unpaired) electrons. The van der Waals surface area contributed by atoms with Crippen LogP contribution in [0.25, 0.3) is 0 Å². The molecule has 0 bridgehead atoms. The number of primary amides is 1. The highest BCUT2D eigenvalue weighted by Gasteiger charge is 2.42. The van der Waals surface area contributed by atoms with Crippen LogP contribution in [0.1, 0.15) is 39.3 Å². The molecule has 1 aliphatic rings. The van der Waals surface area contributed by atoms with Gasteiger partial charge in [-0.2, -0.15) is 0 Å². The molecule has 0 saturated carbocycles. The molecule has 2 rings (SSSR count). The maximum Gasteiger partial charge on any atom is 0.245 e. The number of hydrogen-bond acceptors (Lipinski definition) is 4. The summed E-state index contributed by atoms with van der Waals surface area (Å²) >= 11 is 0. The van der Waals surface area contributed by atoms with E-state index in [2.05, 4.69) is 31.1 Å². The van der Waals surface area contributed by atoms with E-state index in [9.17, 15) is 4.79 Å². The lowest BCUT2D eigenvalue weighted by Crippen LogP contribution is -2.50. The molecule has 18 heavy (non-hydrogen) atoms. The van der Waals surface area contributed by atoms with Crippen LogP contribution in [-0.2, 0) is 20.5 Å². The zero-order valence-corrected chi connectivity index (χ0v) is 11.1. The number of nitrogens with zero attached hydrogens (tertiary/aromatic N) is 3. The van der Waals surface area contributed by atoms with Gasteiger partial charge in [0, 0.05) is 31.5 Å². The van der Waals surface area contributed by atoms with Crippen LogP contribution in [0.15, 0.2) is 6.20 Å². The zero-order chi connectivity index (χ0) is 13.4. The van der Waals surface area contributed by atoms with Crippen LogP contribution < -0.4 is 5.73 Å². The molecule has 2 heterocycles. The molecule has 1 aliphatic heterocycles. The minimum atomic E-state index is -0.783. The maximum absolute atomic E-state index is 11.8. The van der Waals surface area contributed by atoms with Gasteiger partial charge in [0.05, 0.1) is 11.9 Å². The topological polar surface area (TPSA) is 83.0 Å². The number of rotatable bonds is 2. The smallest absolute Gasteiger partial charge is 0.245 e. The SMILES string of the molecule is CC(C)(C)c1cn(C2(C(N)=O)CCOCC2)nn1. The van der Waals surface area contributed by atoms with Gasteiger partial charge in [-0.15, -0.1) is 5.10 Å². The fraction of sp³-hybridized carbons (Fsp3) is 0.750. The highest BCUT2D eigenvalue weighted by atomic mass is 16.5. The second-order valence-electron chi connectivity index (χ2n) is 5.81. The first-order valence-corrected chi connectivity index (χ1v) is 6.17. The van der Waals surface area contributed by atoms with Gasteiger partial charge in [0.2, 0.25) is 5.91 Å². The van der Waals surface area contributed by atoms with Crippen LogP contribution in [0.5, 0.6) is 0 Å². The predicted molar refractivity (Wildman–Crippen MR) is 65.9 cm³/mol. The van der Waals surface area contributed by atoms with E-state index in [0.717, 1.165) is 5.69 Å². The number of nitrogens with two attached hydrogens (primary N) is 1. The van der Waals surface area contributed by atoms with Crippen molar-refractivity contribution in [2.24, 2.45) is 5.73 Å². The predicted octanol–water partition coefficient (Wildman–Crippen LogP) is 0.567. The largest absolute Gasteiger partial charge is 0.381 e. The Morgan fingerprint density at radius 1 is 1.44 bits per heavy atom. The average Bonchev–Trinajstić information content (AvgIpc) is 2.79. The number of amides is 1. The molecule has 0 unspecified atom stereocenters. The molecule has 1 aromatic rings. The quantitative estimate of drug-likeness (QED) is 0.834. The lowest BCUT2D eigenvalue weighted by atomic mass is 9.89. The molecule has 2 N–H and O–H groups in total. The van der Waals surface area contributed by atoms with E-state index >= 15 is 0 Å². The number of carbonyl (C=O) groups is 1. The second-order valence-corrected chi connectivity index (χ2v) is 5.81. The second kappa shape index (κ2) is 4.35. The summed E-state index contributed by atoms with van der Waals surface area (Å²) in [5, 5.41) is 8.26. The standard InChI is InChI=1S/C12H20N4O2/c1-11(2,3)9-8-16(15-14-9)12(10(13)17)4-6-18-7-5-12/h8H,4-7H2,1-3H3,(H2,13,17). The van der Waals surface area contributed by atoms with Gasteiger partial charge in [0.1, 0.15) is 5.54 Å². The molecular formula is C12H20N4O2. The fourth-order valence-corrected chi connectivity index (χ4v) is 2.11. The Hall–Kier alpha value is -1.43. The van der Waals surface area contributed by atoms with E-state index in [1.165, 1.54) is 0 Å². The molecule has 1 fully saturated rings. The number of hydrogen-bond donors (Lipinski definition) is 1. The normalized spacial score (nSPS) is 19.7. The van der Waals surface area contributed by atoms with Crippen LogP contribution in [0, 0.1) is 0 Å². The van der Waals surface area contributed by atoms with Crippen LogP contribution in [0.4, 0.5) is 0 Å². The lowest BCUT2D eigenvalue weighted by Gasteiger charge is -2.33. The van der Waals surface area contributed by atoms with Crippen molar-refractivity contribution in [3.63, 3.8) is 0 Å². The van der Waals surface area contributed by atoms with E-state index in [1.807, 2.05) is 6.20 Å². The molecular weight excluding hydrogens is 232 g/mol. The summed E-state index contributed by atoms with van der Waals surface area (Å²) < 4.78 is 6.92. The molecule has 0 atom stereocenters. The zero-order valence-electron chi connectivity index (χ0n) is 11.1. The van der Waals surface area contributed by atoms with Crippen molar-refractivity contribution in [2.45, 2.75) is 44.6 Å². The molecule has 1 saturated heterocycles. The summed E-state index contributed by atoms with van der Waals surface area (Å²) in [6.45, 7) is 7.22. The highest BCUT2D eigenvalue weighted by molar-refractivity contribution is 5.82. The number of carbonyl (C=O) groups excluding carboxylic acids is 1. The average molecular weight is 252 g/mol. The lowest BCUT2D eigenvalue weighted by molar-refractivity contribution is -0.132. The van der Waals surface area contributed by atoms with Gasteiger partial charge in [-0.25, -0.2) is 4.68 Å². The van der Waals surface area contributed by atoms with Crippen molar-refractivity contribution in [3.8, 4) is 0 Å². The van der Waals surface area contributed by atoms with Crippen LogP contribution in [0.3, 0.4) is 0 Å².